The maximum Gasteiger partial charge on any atom is 0.0580 e. The molecule has 0 saturated carbocycles. The fraction of sp³-hybridized carbons (Fsp3) is 1.00. The molecule has 0 aliphatic carbocycles. The first-order valence-electron chi connectivity index (χ1n) is 6.23. The molecule has 0 aromatic carbocycles. The van der Waals surface area contributed by atoms with E-state index in [-0.39, 0.29) is 17.1 Å². The summed E-state index contributed by atoms with van der Waals surface area (Å²) in [5, 5.41) is 9.92. The predicted octanol–water partition coefficient (Wildman–Crippen LogP) is 2.66. The summed E-state index contributed by atoms with van der Waals surface area (Å²) < 4.78 is 0. The molecule has 2 heteroatoms. The van der Waals surface area contributed by atoms with Crippen molar-refractivity contribution in [2.45, 2.75) is 65.5 Å². The van der Waals surface area contributed by atoms with E-state index >= 15 is 0 Å². The summed E-state index contributed by atoms with van der Waals surface area (Å²) in [5.41, 5.74) is 0.00588. The predicted molar refractivity (Wildman–Crippen MR) is 65.0 cm³/mol. The summed E-state index contributed by atoms with van der Waals surface area (Å²) in [6, 6.07) is 0. The fourth-order valence-electron chi connectivity index (χ4n) is 2.37. The molecule has 0 bridgehead atoms. The molecule has 15 heavy (non-hydrogen) atoms. The van der Waals surface area contributed by atoms with Crippen LogP contribution in [0.25, 0.3) is 0 Å². The zero-order chi connectivity index (χ0) is 11.7. The van der Waals surface area contributed by atoms with Crippen LogP contribution < -0.4 is 0 Å². The minimum absolute atomic E-state index is 0.0651. The van der Waals surface area contributed by atoms with Crippen LogP contribution in [0.5, 0.6) is 0 Å². The van der Waals surface area contributed by atoms with E-state index in [0.717, 1.165) is 0 Å². The quantitative estimate of drug-likeness (QED) is 0.779. The lowest BCUT2D eigenvalue weighted by atomic mass is 9.69. The Kier molecular flexibility index (Phi) is 3.83. The highest BCUT2D eigenvalue weighted by molar-refractivity contribution is 4.98. The van der Waals surface area contributed by atoms with Gasteiger partial charge in [0.05, 0.1) is 6.10 Å². The van der Waals surface area contributed by atoms with E-state index in [9.17, 15) is 5.11 Å². The van der Waals surface area contributed by atoms with Gasteiger partial charge in [0.1, 0.15) is 0 Å². The SMILES string of the molecule is CC(O)C(C)(C)C(C)(C)N1CCCCC1. The van der Waals surface area contributed by atoms with Gasteiger partial charge in [-0.2, -0.15) is 0 Å². The Hall–Kier alpha value is -0.0800. The minimum Gasteiger partial charge on any atom is -0.393 e. The molecule has 1 heterocycles. The topological polar surface area (TPSA) is 23.5 Å². The van der Waals surface area contributed by atoms with Gasteiger partial charge in [-0.15, -0.1) is 0 Å². The zero-order valence-corrected chi connectivity index (χ0v) is 11.0. The highest BCUT2D eigenvalue weighted by atomic mass is 16.3. The Morgan fingerprint density at radius 1 is 1.00 bits per heavy atom. The fourth-order valence-corrected chi connectivity index (χ4v) is 2.37. The summed E-state index contributed by atoms with van der Waals surface area (Å²) in [5.74, 6) is 0. The Balaban J connectivity index is 2.79. The number of nitrogens with zero attached hydrogens (tertiary/aromatic N) is 1. The number of aliphatic hydroxyl groups excluding tert-OH is 1. The first-order valence-corrected chi connectivity index (χ1v) is 6.23. The zero-order valence-electron chi connectivity index (χ0n) is 11.0. The second-order valence-electron chi connectivity index (χ2n) is 6.00. The van der Waals surface area contributed by atoms with Crippen molar-refractivity contribution in [1.82, 2.24) is 4.90 Å². The van der Waals surface area contributed by atoms with Gasteiger partial charge in [0.15, 0.2) is 0 Å². The van der Waals surface area contributed by atoms with Crippen molar-refractivity contribution in [2.75, 3.05) is 13.1 Å². The van der Waals surface area contributed by atoms with E-state index in [0.29, 0.717) is 0 Å². The molecule has 1 fully saturated rings. The lowest BCUT2D eigenvalue weighted by Gasteiger charge is -2.52. The van der Waals surface area contributed by atoms with Gasteiger partial charge in [0.25, 0.3) is 0 Å². The van der Waals surface area contributed by atoms with Crippen molar-refractivity contribution >= 4 is 0 Å². The van der Waals surface area contributed by atoms with Crippen LogP contribution in [0, 0.1) is 5.41 Å². The third-order valence-corrected chi connectivity index (χ3v) is 4.77. The van der Waals surface area contributed by atoms with Gasteiger partial charge in [0.2, 0.25) is 0 Å². The number of hydrogen-bond acceptors (Lipinski definition) is 2. The van der Waals surface area contributed by atoms with E-state index in [1.807, 2.05) is 6.92 Å². The molecule has 0 spiro atoms. The van der Waals surface area contributed by atoms with Crippen LogP contribution in [-0.2, 0) is 0 Å². The van der Waals surface area contributed by atoms with Gasteiger partial charge in [0, 0.05) is 11.0 Å². The Morgan fingerprint density at radius 3 is 1.87 bits per heavy atom. The summed E-state index contributed by atoms with van der Waals surface area (Å²) in [4.78, 5) is 2.54. The molecule has 1 N–H and O–H groups in total. The maximum absolute atomic E-state index is 9.92. The average molecular weight is 213 g/mol. The number of piperidine rings is 1. The lowest BCUT2D eigenvalue weighted by Crippen LogP contribution is -2.58. The van der Waals surface area contributed by atoms with Gasteiger partial charge >= 0.3 is 0 Å². The first-order chi connectivity index (χ1) is 6.80. The van der Waals surface area contributed by atoms with Gasteiger partial charge in [-0.3, -0.25) is 4.90 Å². The lowest BCUT2D eigenvalue weighted by molar-refractivity contribution is -0.0686. The van der Waals surface area contributed by atoms with Crippen molar-refractivity contribution in [3.8, 4) is 0 Å². The third-order valence-electron chi connectivity index (χ3n) is 4.77. The molecule has 2 nitrogen and oxygen atoms in total. The molecule has 1 rings (SSSR count). The molecule has 1 unspecified atom stereocenters. The number of rotatable bonds is 3. The molecule has 90 valence electrons. The van der Waals surface area contributed by atoms with Gasteiger partial charge < -0.3 is 5.11 Å². The van der Waals surface area contributed by atoms with Crippen molar-refractivity contribution in [3.63, 3.8) is 0 Å². The number of likely N-dealkylation sites (tertiary alicyclic amines) is 1. The summed E-state index contributed by atoms with van der Waals surface area (Å²) >= 11 is 0. The van der Waals surface area contributed by atoms with Crippen LogP contribution in [0.15, 0.2) is 0 Å². The smallest absolute Gasteiger partial charge is 0.0580 e. The number of aliphatic hydroxyl groups is 1. The minimum atomic E-state index is -0.269. The standard InChI is InChI=1S/C13H27NO/c1-11(15)12(2,3)13(4,5)14-9-7-6-8-10-14/h11,15H,6-10H2,1-5H3. The highest BCUT2D eigenvalue weighted by Crippen LogP contribution is 2.39. The van der Waals surface area contributed by atoms with Crippen LogP contribution in [0.1, 0.15) is 53.9 Å². The van der Waals surface area contributed by atoms with E-state index in [2.05, 4.69) is 32.6 Å². The first kappa shape index (κ1) is 13.0. The van der Waals surface area contributed by atoms with Crippen LogP contribution in [-0.4, -0.2) is 34.7 Å². The Bertz CT molecular complexity index is 203. The molecular weight excluding hydrogens is 186 g/mol. The monoisotopic (exact) mass is 213 g/mol. The highest BCUT2D eigenvalue weighted by Gasteiger charge is 2.44. The van der Waals surface area contributed by atoms with Crippen LogP contribution in [0.4, 0.5) is 0 Å². The van der Waals surface area contributed by atoms with Gasteiger partial charge in [-0.1, -0.05) is 20.3 Å². The Morgan fingerprint density at radius 2 is 1.47 bits per heavy atom. The molecular formula is C13H27NO. The molecule has 0 radical (unpaired) electrons. The van der Waals surface area contributed by atoms with Crippen molar-refractivity contribution in [3.05, 3.63) is 0 Å². The molecule has 1 aliphatic rings. The Labute approximate surface area is 94.7 Å². The molecule has 0 aromatic rings. The third kappa shape index (κ3) is 2.36. The van der Waals surface area contributed by atoms with Crippen molar-refractivity contribution in [1.29, 1.82) is 0 Å². The summed E-state index contributed by atoms with van der Waals surface area (Å²) in [6.45, 7) is 13.2. The van der Waals surface area contributed by atoms with E-state index in [4.69, 9.17) is 0 Å². The molecule has 0 amide bonds. The van der Waals surface area contributed by atoms with Crippen LogP contribution in [0.2, 0.25) is 0 Å². The van der Waals surface area contributed by atoms with Crippen LogP contribution in [0.3, 0.4) is 0 Å². The molecule has 1 saturated heterocycles. The second kappa shape index (κ2) is 4.42. The number of hydrogen-bond donors (Lipinski definition) is 1. The van der Waals surface area contributed by atoms with Crippen molar-refractivity contribution < 1.29 is 5.11 Å². The molecule has 0 aromatic heterocycles. The summed E-state index contributed by atoms with van der Waals surface area (Å²) in [7, 11) is 0. The molecule has 1 aliphatic heterocycles. The van der Waals surface area contributed by atoms with Crippen molar-refractivity contribution in [2.24, 2.45) is 5.41 Å². The van der Waals surface area contributed by atoms with Crippen LogP contribution >= 0.6 is 0 Å². The van der Waals surface area contributed by atoms with Gasteiger partial charge in [-0.05, 0) is 46.7 Å². The second-order valence-corrected chi connectivity index (χ2v) is 6.00. The average Bonchev–Trinajstić information content (AvgIpc) is 2.18. The van der Waals surface area contributed by atoms with E-state index in [1.165, 1.54) is 32.4 Å². The van der Waals surface area contributed by atoms with Gasteiger partial charge in [-0.25, -0.2) is 0 Å². The van der Waals surface area contributed by atoms with E-state index in [1.54, 1.807) is 0 Å². The normalized spacial score (nSPS) is 22.8. The largest absolute Gasteiger partial charge is 0.393 e. The maximum atomic E-state index is 9.92. The molecule has 1 atom stereocenters. The summed E-state index contributed by atoms with van der Waals surface area (Å²) in [6.07, 6.45) is 3.70. The van der Waals surface area contributed by atoms with E-state index < -0.39 is 0 Å².